The zero-order valence-corrected chi connectivity index (χ0v) is 16.1. The van der Waals surface area contributed by atoms with Crippen molar-refractivity contribution in [3.05, 3.63) is 24.2 Å². The first kappa shape index (κ1) is 18.4. The van der Waals surface area contributed by atoms with Gasteiger partial charge in [0.2, 0.25) is 0 Å². The number of rotatable bonds is 4. The number of H-pyrrole nitrogens is 1. The van der Waals surface area contributed by atoms with E-state index in [-0.39, 0.29) is 23.8 Å². The van der Waals surface area contributed by atoms with Crippen LogP contribution in [0.15, 0.2) is 18.5 Å². The largest absolute Gasteiger partial charge is 0.401 e. The lowest BCUT2D eigenvalue weighted by Gasteiger charge is -2.21. The number of anilines is 1. The van der Waals surface area contributed by atoms with Crippen molar-refractivity contribution in [2.75, 3.05) is 25.4 Å². The fourth-order valence-corrected chi connectivity index (χ4v) is 4.79. The van der Waals surface area contributed by atoms with E-state index < -0.39 is 12.7 Å². The highest BCUT2D eigenvalue weighted by Gasteiger charge is 2.58. The van der Waals surface area contributed by atoms with Gasteiger partial charge in [-0.25, -0.2) is 4.98 Å². The minimum atomic E-state index is -4.14. The summed E-state index contributed by atoms with van der Waals surface area (Å²) in [5.74, 6) is 1.18. The number of hydrogen-bond acceptors (Lipinski definition) is 5. The molecule has 3 atom stereocenters. The molecule has 3 N–H and O–H groups in total. The molecule has 29 heavy (non-hydrogen) atoms. The van der Waals surface area contributed by atoms with Gasteiger partial charge in [0.1, 0.15) is 5.82 Å². The average Bonchev–Trinajstić information content (AvgIpc) is 3.11. The third kappa shape index (κ3) is 3.06. The summed E-state index contributed by atoms with van der Waals surface area (Å²) in [6, 6.07) is 2.19. The molecule has 0 spiro atoms. The highest BCUT2D eigenvalue weighted by Crippen LogP contribution is 2.59. The van der Waals surface area contributed by atoms with E-state index in [0.29, 0.717) is 18.9 Å². The molecule has 3 aromatic heterocycles. The monoisotopic (exact) mass is 405 g/mol. The Morgan fingerprint density at radius 1 is 1.24 bits per heavy atom. The summed E-state index contributed by atoms with van der Waals surface area (Å²) in [5.41, 5.74) is 9.38. The van der Waals surface area contributed by atoms with Gasteiger partial charge in [0.05, 0.1) is 29.3 Å². The van der Waals surface area contributed by atoms with Gasteiger partial charge >= 0.3 is 6.18 Å². The minimum absolute atomic E-state index is 0.144. The molecule has 5 rings (SSSR count). The van der Waals surface area contributed by atoms with Crippen LogP contribution in [0.1, 0.15) is 31.5 Å². The van der Waals surface area contributed by atoms with Gasteiger partial charge in [0.25, 0.3) is 0 Å². The fourth-order valence-electron chi connectivity index (χ4n) is 4.79. The Labute approximate surface area is 165 Å². The van der Waals surface area contributed by atoms with E-state index in [1.165, 1.54) is 4.90 Å². The van der Waals surface area contributed by atoms with Gasteiger partial charge in [-0.3, -0.25) is 14.7 Å². The van der Waals surface area contributed by atoms with Crippen molar-refractivity contribution in [1.29, 1.82) is 0 Å². The quantitative estimate of drug-likeness (QED) is 0.696. The zero-order chi connectivity index (χ0) is 20.5. The number of pyridine rings is 1. The standard InChI is InChI=1S/C19H22F3N7/c1-9(2)29-15(16-12-6-28(7-13(12)16)8-19(20,21)22)3-14(27-29)10-4-24-18(23)11-5-25-26-17(10)11/h3-5,9,12-13,16H,6-8H2,1-2H3,(H2,23,24)(H,25,26)/t12-,13+,16?. The molecular weight excluding hydrogens is 383 g/mol. The summed E-state index contributed by atoms with van der Waals surface area (Å²) >= 11 is 0. The zero-order valence-electron chi connectivity index (χ0n) is 16.1. The van der Waals surface area contributed by atoms with Gasteiger partial charge in [0.15, 0.2) is 0 Å². The smallest absolute Gasteiger partial charge is 0.383 e. The average molecular weight is 405 g/mol. The lowest BCUT2D eigenvalue weighted by molar-refractivity contribution is -0.144. The van der Waals surface area contributed by atoms with Crippen molar-refractivity contribution in [3.63, 3.8) is 0 Å². The second-order valence-corrected chi connectivity index (χ2v) is 8.37. The Hall–Kier alpha value is -2.62. The lowest BCUT2D eigenvalue weighted by atomic mass is 10.1. The molecule has 1 saturated heterocycles. The van der Waals surface area contributed by atoms with Crippen molar-refractivity contribution in [2.24, 2.45) is 11.8 Å². The number of fused-ring (bicyclic) bond motifs is 2. The van der Waals surface area contributed by atoms with Gasteiger partial charge in [0, 0.05) is 42.5 Å². The maximum absolute atomic E-state index is 12.7. The predicted molar refractivity (Wildman–Crippen MR) is 102 cm³/mol. The summed E-state index contributed by atoms with van der Waals surface area (Å²) in [4.78, 5) is 5.77. The molecule has 1 saturated carbocycles. The van der Waals surface area contributed by atoms with E-state index in [1.54, 1.807) is 12.4 Å². The van der Waals surface area contributed by atoms with Crippen molar-refractivity contribution in [1.82, 2.24) is 29.9 Å². The third-order valence-corrected chi connectivity index (χ3v) is 6.06. The SMILES string of the molecule is CC(C)n1nc(-c2cnc(N)c3cn[nH]c23)cc1C1[C@H]2CN(CC(F)(F)F)C[C@@H]12. The molecule has 3 aromatic rings. The van der Waals surface area contributed by atoms with Crippen LogP contribution in [0.25, 0.3) is 22.2 Å². The molecular formula is C19H22F3N7. The predicted octanol–water partition coefficient (Wildman–Crippen LogP) is 3.19. The molecule has 0 radical (unpaired) electrons. The maximum Gasteiger partial charge on any atom is 0.401 e. The van der Waals surface area contributed by atoms with Crippen LogP contribution in [0.4, 0.5) is 19.0 Å². The second-order valence-electron chi connectivity index (χ2n) is 8.37. The number of aromatic amines is 1. The number of hydrogen-bond donors (Lipinski definition) is 2. The summed E-state index contributed by atoms with van der Waals surface area (Å²) in [6.45, 7) is 4.27. The molecule has 0 aromatic carbocycles. The van der Waals surface area contributed by atoms with Gasteiger partial charge < -0.3 is 5.73 Å². The van der Waals surface area contributed by atoms with E-state index in [2.05, 4.69) is 29.0 Å². The number of nitrogens with one attached hydrogen (secondary N) is 1. The number of nitrogen functional groups attached to an aromatic ring is 1. The van der Waals surface area contributed by atoms with Crippen molar-refractivity contribution >= 4 is 16.7 Å². The highest BCUT2D eigenvalue weighted by molar-refractivity contribution is 5.97. The number of piperidine rings is 1. The number of alkyl halides is 3. The topological polar surface area (TPSA) is 88.6 Å². The van der Waals surface area contributed by atoms with Crippen LogP contribution in [-0.2, 0) is 0 Å². The Morgan fingerprint density at radius 3 is 2.62 bits per heavy atom. The normalized spacial score (nSPS) is 24.6. The molecule has 4 heterocycles. The van der Waals surface area contributed by atoms with E-state index >= 15 is 0 Å². The Morgan fingerprint density at radius 2 is 1.97 bits per heavy atom. The molecule has 154 valence electrons. The lowest BCUT2D eigenvalue weighted by Crippen LogP contribution is -2.34. The second kappa shape index (κ2) is 6.19. The van der Waals surface area contributed by atoms with E-state index in [0.717, 1.165) is 27.9 Å². The molecule has 1 aliphatic heterocycles. The van der Waals surface area contributed by atoms with Gasteiger partial charge in [-0.1, -0.05) is 0 Å². The molecule has 10 heteroatoms. The van der Waals surface area contributed by atoms with E-state index in [4.69, 9.17) is 10.8 Å². The molecule has 0 amide bonds. The third-order valence-electron chi connectivity index (χ3n) is 6.06. The highest BCUT2D eigenvalue weighted by atomic mass is 19.4. The van der Waals surface area contributed by atoms with Crippen LogP contribution >= 0.6 is 0 Å². The summed E-state index contributed by atoms with van der Waals surface area (Å²) in [5, 5.41) is 12.6. The molecule has 1 aliphatic carbocycles. The summed E-state index contributed by atoms with van der Waals surface area (Å²) < 4.78 is 40.0. The number of aromatic nitrogens is 5. The number of likely N-dealkylation sites (tertiary alicyclic amines) is 1. The van der Waals surface area contributed by atoms with Crippen LogP contribution in [-0.4, -0.2) is 55.7 Å². The molecule has 2 aliphatic rings. The molecule has 7 nitrogen and oxygen atoms in total. The Bertz CT molecular complexity index is 1060. The van der Waals surface area contributed by atoms with Crippen molar-refractivity contribution < 1.29 is 13.2 Å². The number of nitrogens with two attached hydrogens (primary N) is 1. The summed E-state index contributed by atoms with van der Waals surface area (Å²) in [6.07, 6.45) is -0.815. The van der Waals surface area contributed by atoms with Crippen LogP contribution in [0, 0.1) is 11.8 Å². The van der Waals surface area contributed by atoms with Crippen molar-refractivity contribution in [2.45, 2.75) is 32.0 Å². The van der Waals surface area contributed by atoms with Gasteiger partial charge in [-0.2, -0.15) is 23.4 Å². The Balaban J connectivity index is 1.45. The van der Waals surface area contributed by atoms with Crippen LogP contribution in [0.5, 0.6) is 0 Å². The fraction of sp³-hybridized carbons (Fsp3) is 0.526. The molecule has 1 unspecified atom stereocenters. The first-order valence-electron chi connectivity index (χ1n) is 9.69. The van der Waals surface area contributed by atoms with Gasteiger partial charge in [-0.05, 0) is 31.7 Å². The van der Waals surface area contributed by atoms with Crippen LogP contribution in [0.2, 0.25) is 0 Å². The first-order valence-corrected chi connectivity index (χ1v) is 9.69. The number of nitrogens with zero attached hydrogens (tertiary/aromatic N) is 5. The van der Waals surface area contributed by atoms with Gasteiger partial charge in [-0.15, -0.1) is 0 Å². The first-order chi connectivity index (χ1) is 13.7. The van der Waals surface area contributed by atoms with Crippen LogP contribution in [0.3, 0.4) is 0 Å². The van der Waals surface area contributed by atoms with E-state index in [9.17, 15) is 13.2 Å². The minimum Gasteiger partial charge on any atom is -0.383 e. The molecule has 2 fully saturated rings. The maximum atomic E-state index is 12.7. The number of halogens is 3. The Kier molecular flexibility index (Phi) is 3.93. The van der Waals surface area contributed by atoms with Crippen LogP contribution < -0.4 is 5.73 Å². The summed E-state index contributed by atoms with van der Waals surface area (Å²) in [7, 11) is 0. The van der Waals surface area contributed by atoms with Crippen molar-refractivity contribution in [3.8, 4) is 11.3 Å². The molecule has 0 bridgehead atoms. The van der Waals surface area contributed by atoms with E-state index in [1.807, 2.05) is 10.7 Å².